The number of fused-ring (bicyclic) bond motifs is 4. The molecule has 0 N–H and O–H groups in total. The fourth-order valence-corrected chi connectivity index (χ4v) is 5.09. The van der Waals surface area contributed by atoms with Crippen LogP contribution in [-0.4, -0.2) is 45.7 Å². The van der Waals surface area contributed by atoms with E-state index < -0.39 is 0 Å². The van der Waals surface area contributed by atoms with Crippen molar-refractivity contribution in [2.24, 2.45) is 22.7 Å². The van der Waals surface area contributed by atoms with Crippen molar-refractivity contribution < 1.29 is 9.59 Å². The lowest BCUT2D eigenvalue weighted by molar-refractivity contribution is -0.140. The highest BCUT2D eigenvalue weighted by molar-refractivity contribution is 5.86. The SMILES string of the molecule is CC1(C)C(C(=O)N2C[C@H]3CC[C@@H](C2)N(Cc2ccccn2)C3=O)C1(C)C. The Bertz CT molecular complexity index is 714. The number of carbonyl (C=O) groups excluding carboxylic acids is 2. The van der Waals surface area contributed by atoms with Crippen LogP contribution in [-0.2, 0) is 16.1 Å². The number of carbonyl (C=O) groups is 2. The monoisotopic (exact) mass is 355 g/mol. The molecule has 4 fully saturated rings. The molecule has 5 nitrogen and oxygen atoms in total. The zero-order valence-electron chi connectivity index (χ0n) is 16.2. The van der Waals surface area contributed by atoms with Gasteiger partial charge in [0.25, 0.3) is 0 Å². The molecule has 1 saturated carbocycles. The smallest absolute Gasteiger partial charge is 0.228 e. The summed E-state index contributed by atoms with van der Waals surface area (Å²) in [6, 6.07) is 5.91. The Kier molecular flexibility index (Phi) is 3.90. The molecule has 0 aromatic carbocycles. The lowest BCUT2D eigenvalue weighted by Crippen LogP contribution is -2.47. The standard InChI is InChI=1S/C21H29N3O2/c1-20(2)17(21(20,3)4)19(26)23-11-14-8-9-16(13-23)24(18(14)25)12-15-7-5-6-10-22-15/h5-7,10,14,16-17H,8-9,11-13H2,1-4H3/t14-,16+/m1/s1. The highest BCUT2D eigenvalue weighted by Gasteiger charge is 2.69. The van der Waals surface area contributed by atoms with E-state index in [1.165, 1.54) is 0 Å². The van der Waals surface area contributed by atoms with Crippen molar-refractivity contribution in [3.05, 3.63) is 30.1 Å². The van der Waals surface area contributed by atoms with E-state index in [1.54, 1.807) is 6.20 Å². The second-order valence-corrected chi connectivity index (χ2v) is 9.33. The Labute approximate surface area is 155 Å². The highest BCUT2D eigenvalue weighted by Crippen LogP contribution is 2.68. The van der Waals surface area contributed by atoms with Gasteiger partial charge in [-0.2, -0.15) is 0 Å². The molecule has 5 heteroatoms. The molecular formula is C21H29N3O2. The molecule has 5 rings (SSSR count). The fourth-order valence-electron chi connectivity index (χ4n) is 5.09. The predicted octanol–water partition coefficient (Wildman–Crippen LogP) is 2.71. The first-order chi connectivity index (χ1) is 12.2. The fraction of sp³-hybridized carbons (Fsp3) is 0.667. The number of amides is 2. The van der Waals surface area contributed by atoms with Crippen LogP contribution in [0.15, 0.2) is 24.4 Å². The van der Waals surface area contributed by atoms with E-state index in [0.29, 0.717) is 19.6 Å². The van der Waals surface area contributed by atoms with E-state index in [1.807, 2.05) is 28.0 Å². The molecule has 0 unspecified atom stereocenters. The van der Waals surface area contributed by atoms with Crippen LogP contribution in [0.25, 0.3) is 0 Å². The van der Waals surface area contributed by atoms with E-state index in [9.17, 15) is 9.59 Å². The van der Waals surface area contributed by atoms with Gasteiger partial charge in [0.1, 0.15) is 0 Å². The largest absolute Gasteiger partial charge is 0.340 e. The predicted molar refractivity (Wildman–Crippen MR) is 98.9 cm³/mol. The first-order valence-electron chi connectivity index (χ1n) is 9.72. The molecule has 3 aliphatic heterocycles. The van der Waals surface area contributed by atoms with Gasteiger partial charge in [0.15, 0.2) is 0 Å². The maximum absolute atomic E-state index is 13.2. The third kappa shape index (κ3) is 2.55. The summed E-state index contributed by atoms with van der Waals surface area (Å²) in [5, 5.41) is 0. The molecule has 1 aromatic heterocycles. The number of hydrogen-bond donors (Lipinski definition) is 0. The van der Waals surface area contributed by atoms with Crippen LogP contribution in [0.4, 0.5) is 0 Å². The van der Waals surface area contributed by atoms with Crippen LogP contribution >= 0.6 is 0 Å². The van der Waals surface area contributed by atoms with Gasteiger partial charge in [-0.15, -0.1) is 0 Å². The third-order valence-corrected chi connectivity index (χ3v) is 7.43. The third-order valence-electron chi connectivity index (χ3n) is 7.43. The summed E-state index contributed by atoms with van der Waals surface area (Å²) >= 11 is 0. The van der Waals surface area contributed by atoms with Gasteiger partial charge in [0, 0.05) is 31.2 Å². The summed E-state index contributed by atoms with van der Waals surface area (Å²) in [7, 11) is 0. The maximum atomic E-state index is 13.2. The Hall–Kier alpha value is -1.91. The van der Waals surface area contributed by atoms with Gasteiger partial charge in [-0.25, -0.2) is 0 Å². The van der Waals surface area contributed by atoms with Crippen LogP contribution in [0.1, 0.15) is 46.2 Å². The number of rotatable bonds is 3. The van der Waals surface area contributed by atoms with Crippen LogP contribution in [0.2, 0.25) is 0 Å². The molecule has 0 radical (unpaired) electrons. The zero-order valence-corrected chi connectivity index (χ0v) is 16.2. The Morgan fingerprint density at radius 3 is 2.50 bits per heavy atom. The zero-order chi connectivity index (χ0) is 18.7. The molecule has 2 bridgehead atoms. The van der Waals surface area contributed by atoms with Crippen LogP contribution < -0.4 is 0 Å². The lowest BCUT2D eigenvalue weighted by Gasteiger charge is -2.35. The number of piperidine rings is 1. The van der Waals surface area contributed by atoms with E-state index in [0.717, 1.165) is 18.5 Å². The minimum Gasteiger partial charge on any atom is -0.340 e. The number of hydrogen-bond acceptors (Lipinski definition) is 3. The molecule has 1 aromatic rings. The molecule has 2 amide bonds. The second-order valence-electron chi connectivity index (χ2n) is 9.33. The van der Waals surface area contributed by atoms with Gasteiger partial charge in [-0.05, 0) is 35.8 Å². The van der Waals surface area contributed by atoms with Crippen molar-refractivity contribution in [3.63, 3.8) is 0 Å². The minimum atomic E-state index is -0.0635. The average Bonchev–Trinajstić information content (AvgIpc) is 3.15. The van der Waals surface area contributed by atoms with Crippen LogP contribution in [0.3, 0.4) is 0 Å². The average molecular weight is 355 g/mol. The molecule has 2 atom stereocenters. The molecule has 1 aliphatic carbocycles. The number of nitrogens with zero attached hydrogens (tertiary/aromatic N) is 3. The van der Waals surface area contributed by atoms with Crippen molar-refractivity contribution >= 4 is 11.8 Å². The molecule has 26 heavy (non-hydrogen) atoms. The highest BCUT2D eigenvalue weighted by atomic mass is 16.2. The first kappa shape index (κ1) is 17.5. The maximum Gasteiger partial charge on any atom is 0.228 e. The van der Waals surface area contributed by atoms with Gasteiger partial charge >= 0.3 is 0 Å². The van der Waals surface area contributed by atoms with Crippen molar-refractivity contribution in [2.75, 3.05) is 13.1 Å². The molecule has 3 saturated heterocycles. The van der Waals surface area contributed by atoms with Gasteiger partial charge < -0.3 is 9.80 Å². The summed E-state index contributed by atoms with van der Waals surface area (Å²) in [4.78, 5) is 34.5. The lowest BCUT2D eigenvalue weighted by atomic mass is 9.94. The summed E-state index contributed by atoms with van der Waals surface area (Å²) in [6.45, 7) is 10.5. The summed E-state index contributed by atoms with van der Waals surface area (Å²) in [5.74, 6) is 0.430. The van der Waals surface area contributed by atoms with Gasteiger partial charge in [0.2, 0.25) is 11.8 Å². The first-order valence-corrected chi connectivity index (χ1v) is 9.72. The van der Waals surface area contributed by atoms with Crippen LogP contribution in [0, 0.1) is 22.7 Å². The van der Waals surface area contributed by atoms with E-state index >= 15 is 0 Å². The summed E-state index contributed by atoms with van der Waals surface area (Å²) in [6.07, 6.45) is 3.64. The summed E-state index contributed by atoms with van der Waals surface area (Å²) < 4.78 is 0. The normalized spacial score (nSPS) is 29.6. The van der Waals surface area contributed by atoms with Crippen molar-refractivity contribution in [1.82, 2.24) is 14.8 Å². The van der Waals surface area contributed by atoms with Crippen LogP contribution in [0.5, 0.6) is 0 Å². The second kappa shape index (κ2) is 5.80. The van der Waals surface area contributed by atoms with Crippen molar-refractivity contribution in [2.45, 2.75) is 53.1 Å². The Morgan fingerprint density at radius 2 is 1.88 bits per heavy atom. The van der Waals surface area contributed by atoms with Gasteiger partial charge in [-0.3, -0.25) is 14.6 Å². The quantitative estimate of drug-likeness (QED) is 0.838. The van der Waals surface area contributed by atoms with E-state index in [4.69, 9.17) is 0 Å². The molecule has 4 aliphatic rings. The summed E-state index contributed by atoms with van der Waals surface area (Å²) in [5.41, 5.74) is 0.982. The number of pyridine rings is 1. The van der Waals surface area contributed by atoms with Gasteiger partial charge in [-0.1, -0.05) is 33.8 Å². The molecule has 0 spiro atoms. The Balaban J connectivity index is 1.53. The molecule has 4 heterocycles. The van der Waals surface area contributed by atoms with Crippen molar-refractivity contribution in [3.8, 4) is 0 Å². The number of aromatic nitrogens is 1. The van der Waals surface area contributed by atoms with E-state index in [2.05, 4.69) is 32.7 Å². The molecule has 140 valence electrons. The topological polar surface area (TPSA) is 53.5 Å². The van der Waals surface area contributed by atoms with E-state index in [-0.39, 0.29) is 40.5 Å². The Morgan fingerprint density at radius 1 is 1.15 bits per heavy atom. The van der Waals surface area contributed by atoms with Crippen molar-refractivity contribution in [1.29, 1.82) is 0 Å². The van der Waals surface area contributed by atoms with Gasteiger partial charge in [0.05, 0.1) is 18.2 Å². The molecular weight excluding hydrogens is 326 g/mol. The minimum absolute atomic E-state index is 0.0348.